The molecule has 1 aromatic carbocycles. The average molecular weight is 349 g/mol. The zero-order valence-electron chi connectivity index (χ0n) is 13.2. The predicted molar refractivity (Wildman–Crippen MR) is 87.3 cm³/mol. The molecule has 1 aliphatic carbocycles. The molecule has 6 heteroatoms. The van der Waals surface area contributed by atoms with Crippen LogP contribution in [-0.2, 0) is 0 Å². The van der Waals surface area contributed by atoms with E-state index in [1.165, 1.54) is 12.5 Å². The molecule has 0 amide bonds. The molecule has 1 atom stereocenters. The summed E-state index contributed by atoms with van der Waals surface area (Å²) in [4.78, 5) is 2.24. The van der Waals surface area contributed by atoms with Gasteiger partial charge in [-0.25, -0.2) is 13.2 Å². The molecule has 3 rings (SSSR count). The van der Waals surface area contributed by atoms with Gasteiger partial charge in [0.1, 0.15) is 0 Å². The van der Waals surface area contributed by atoms with E-state index in [0.717, 1.165) is 57.9 Å². The molecule has 2 fully saturated rings. The first-order valence-corrected chi connectivity index (χ1v) is 8.26. The summed E-state index contributed by atoms with van der Waals surface area (Å²) >= 11 is 0. The van der Waals surface area contributed by atoms with Crippen LogP contribution in [0, 0.1) is 23.4 Å². The summed E-state index contributed by atoms with van der Waals surface area (Å²) in [6.45, 7) is 3.35. The van der Waals surface area contributed by atoms with Gasteiger partial charge in [0.25, 0.3) is 0 Å². The van der Waals surface area contributed by atoms with E-state index < -0.39 is 17.5 Å². The number of benzene rings is 1. The Balaban J connectivity index is 0.00000192. The predicted octanol–water partition coefficient (Wildman–Crippen LogP) is 4.05. The Kier molecular flexibility index (Phi) is 6.74. The molecule has 1 aromatic rings. The van der Waals surface area contributed by atoms with Crippen molar-refractivity contribution < 1.29 is 13.2 Å². The monoisotopic (exact) mass is 348 g/mol. The van der Waals surface area contributed by atoms with Crippen LogP contribution in [0.4, 0.5) is 13.2 Å². The van der Waals surface area contributed by atoms with Crippen LogP contribution in [0.15, 0.2) is 12.1 Å². The van der Waals surface area contributed by atoms with Crippen molar-refractivity contribution in [3.05, 3.63) is 35.1 Å². The highest BCUT2D eigenvalue weighted by Gasteiger charge is 2.33. The Labute approximate surface area is 141 Å². The Morgan fingerprint density at radius 3 is 2.26 bits per heavy atom. The number of nitrogens with zero attached hydrogens (tertiary/aromatic N) is 1. The summed E-state index contributed by atoms with van der Waals surface area (Å²) in [5.74, 6) is -3.13. The molecule has 0 aromatic heterocycles. The molecule has 23 heavy (non-hydrogen) atoms. The maximum atomic E-state index is 14.4. The van der Waals surface area contributed by atoms with E-state index in [0.29, 0.717) is 11.5 Å². The van der Waals surface area contributed by atoms with Gasteiger partial charge < -0.3 is 5.32 Å². The van der Waals surface area contributed by atoms with Gasteiger partial charge >= 0.3 is 0 Å². The fraction of sp³-hybridized carbons (Fsp3) is 0.647. The van der Waals surface area contributed by atoms with E-state index in [9.17, 15) is 13.2 Å². The molecule has 1 saturated carbocycles. The highest BCUT2D eigenvalue weighted by Crippen LogP contribution is 2.40. The van der Waals surface area contributed by atoms with E-state index >= 15 is 0 Å². The molecule has 1 heterocycles. The van der Waals surface area contributed by atoms with Gasteiger partial charge in [0, 0.05) is 37.8 Å². The van der Waals surface area contributed by atoms with E-state index in [-0.39, 0.29) is 18.4 Å². The van der Waals surface area contributed by atoms with Crippen LogP contribution < -0.4 is 5.32 Å². The minimum atomic E-state index is -1.34. The van der Waals surface area contributed by atoms with E-state index in [1.807, 2.05) is 0 Å². The van der Waals surface area contributed by atoms with Crippen molar-refractivity contribution in [3.63, 3.8) is 0 Å². The summed E-state index contributed by atoms with van der Waals surface area (Å²) in [5, 5.41) is 3.29. The maximum absolute atomic E-state index is 14.4. The van der Waals surface area contributed by atoms with Gasteiger partial charge in [0.15, 0.2) is 17.5 Å². The topological polar surface area (TPSA) is 15.3 Å². The number of nitrogens with one attached hydrogen (secondary N) is 1. The van der Waals surface area contributed by atoms with Crippen LogP contribution in [0.2, 0.25) is 0 Å². The molecule has 0 bridgehead atoms. The first-order valence-electron chi connectivity index (χ1n) is 8.26. The molecule has 130 valence electrons. The fourth-order valence-corrected chi connectivity index (χ4v) is 3.93. The first kappa shape index (κ1) is 18.6. The molecule has 0 spiro atoms. The van der Waals surface area contributed by atoms with E-state index in [4.69, 9.17) is 0 Å². The van der Waals surface area contributed by atoms with Crippen LogP contribution in [0.5, 0.6) is 0 Å². The third kappa shape index (κ3) is 4.01. The van der Waals surface area contributed by atoms with Gasteiger partial charge in [0.05, 0.1) is 0 Å². The zero-order chi connectivity index (χ0) is 15.5. The quantitative estimate of drug-likeness (QED) is 0.829. The van der Waals surface area contributed by atoms with Crippen molar-refractivity contribution in [3.8, 4) is 0 Å². The molecule has 0 unspecified atom stereocenters. The summed E-state index contributed by atoms with van der Waals surface area (Å²) < 4.78 is 41.3. The highest BCUT2D eigenvalue weighted by molar-refractivity contribution is 5.85. The number of rotatable bonds is 3. The van der Waals surface area contributed by atoms with Crippen molar-refractivity contribution in [1.29, 1.82) is 0 Å². The fourth-order valence-electron chi connectivity index (χ4n) is 3.93. The molecular formula is C17H24ClF3N2. The minimum absolute atomic E-state index is 0. The largest absolute Gasteiger partial charge is 0.314 e. The summed E-state index contributed by atoms with van der Waals surface area (Å²) in [7, 11) is 0. The smallest absolute Gasteiger partial charge is 0.194 e. The van der Waals surface area contributed by atoms with Crippen LogP contribution in [0.3, 0.4) is 0 Å². The van der Waals surface area contributed by atoms with E-state index in [2.05, 4.69) is 10.2 Å². The Morgan fingerprint density at radius 2 is 1.61 bits per heavy atom. The Bertz CT molecular complexity index is 497. The van der Waals surface area contributed by atoms with Gasteiger partial charge in [-0.2, -0.15) is 0 Å². The van der Waals surface area contributed by atoms with Gasteiger partial charge in [-0.3, -0.25) is 4.90 Å². The Morgan fingerprint density at radius 1 is 0.957 bits per heavy atom. The van der Waals surface area contributed by atoms with Gasteiger partial charge in [-0.1, -0.05) is 25.3 Å². The molecule has 2 nitrogen and oxygen atoms in total. The van der Waals surface area contributed by atoms with E-state index in [1.54, 1.807) is 0 Å². The normalized spacial score (nSPS) is 21.7. The number of piperazine rings is 1. The number of hydrogen-bond acceptors (Lipinski definition) is 2. The minimum Gasteiger partial charge on any atom is -0.314 e. The molecular weight excluding hydrogens is 325 g/mol. The molecule has 1 N–H and O–H groups in total. The van der Waals surface area contributed by atoms with Crippen LogP contribution in [0.1, 0.15) is 43.7 Å². The second-order valence-electron chi connectivity index (χ2n) is 6.39. The SMILES string of the molecule is Cl.Fc1ccc([C@H](C2CCCCC2)N2CCNCC2)c(F)c1F. The van der Waals surface area contributed by atoms with Crippen LogP contribution in [-0.4, -0.2) is 31.1 Å². The molecule has 1 saturated heterocycles. The average Bonchev–Trinajstić information content (AvgIpc) is 2.57. The summed E-state index contributed by atoms with van der Waals surface area (Å²) in [6, 6.07) is 2.36. The third-order valence-electron chi connectivity index (χ3n) is 5.03. The second kappa shape index (κ2) is 8.36. The van der Waals surface area contributed by atoms with Crippen LogP contribution in [0.25, 0.3) is 0 Å². The van der Waals surface area contributed by atoms with Crippen molar-refractivity contribution >= 4 is 12.4 Å². The summed E-state index contributed by atoms with van der Waals surface area (Å²) in [5.41, 5.74) is 0.327. The van der Waals surface area contributed by atoms with Crippen molar-refractivity contribution in [2.75, 3.05) is 26.2 Å². The second-order valence-corrected chi connectivity index (χ2v) is 6.39. The van der Waals surface area contributed by atoms with Crippen molar-refractivity contribution in [2.45, 2.75) is 38.1 Å². The lowest BCUT2D eigenvalue weighted by Gasteiger charge is -2.41. The number of halogens is 4. The number of hydrogen-bond donors (Lipinski definition) is 1. The molecule has 2 aliphatic rings. The highest BCUT2D eigenvalue weighted by atomic mass is 35.5. The molecule has 0 radical (unpaired) electrons. The summed E-state index contributed by atoms with van der Waals surface area (Å²) in [6.07, 6.45) is 5.56. The van der Waals surface area contributed by atoms with Crippen LogP contribution >= 0.6 is 12.4 Å². The lowest BCUT2D eigenvalue weighted by Crippen LogP contribution is -2.47. The maximum Gasteiger partial charge on any atom is 0.194 e. The van der Waals surface area contributed by atoms with Gasteiger partial charge in [-0.05, 0) is 24.8 Å². The molecule has 1 aliphatic heterocycles. The van der Waals surface area contributed by atoms with Gasteiger partial charge in [0.2, 0.25) is 0 Å². The standard InChI is InChI=1S/C17H23F3N2.ClH/c18-14-7-6-13(15(19)16(14)20)17(12-4-2-1-3-5-12)22-10-8-21-9-11-22;/h6-7,12,17,21H,1-5,8-11H2;1H/t17-;/m0./s1. The Hall–Kier alpha value is -0.780. The van der Waals surface area contributed by atoms with Crippen molar-refractivity contribution in [1.82, 2.24) is 10.2 Å². The third-order valence-corrected chi connectivity index (χ3v) is 5.03. The lowest BCUT2D eigenvalue weighted by molar-refractivity contribution is 0.0998. The lowest BCUT2D eigenvalue weighted by atomic mass is 9.80. The zero-order valence-corrected chi connectivity index (χ0v) is 14.0. The first-order chi connectivity index (χ1) is 10.7. The van der Waals surface area contributed by atoms with Crippen molar-refractivity contribution in [2.24, 2.45) is 5.92 Å². The van der Waals surface area contributed by atoms with Gasteiger partial charge in [-0.15, -0.1) is 12.4 Å².